The Morgan fingerprint density at radius 1 is 1.18 bits per heavy atom. The molecule has 3 nitrogen and oxygen atoms in total. The fourth-order valence-corrected chi connectivity index (χ4v) is 3.15. The van der Waals surface area contributed by atoms with E-state index in [1.165, 1.54) is 10.1 Å². The highest BCUT2D eigenvalue weighted by Gasteiger charge is 2.20. The molecule has 0 amide bonds. The smallest absolute Gasteiger partial charge is 0.147 e. The lowest BCUT2D eigenvalue weighted by Gasteiger charge is -2.26. The molecule has 2 N–H and O–H groups in total. The Kier molecular flexibility index (Phi) is 2.99. The summed E-state index contributed by atoms with van der Waals surface area (Å²) < 4.78 is 5.70. The Hall–Kier alpha value is -1.13. The van der Waals surface area contributed by atoms with Crippen LogP contribution in [0.4, 0.5) is 5.82 Å². The van der Waals surface area contributed by atoms with Gasteiger partial charge in [0.15, 0.2) is 0 Å². The summed E-state index contributed by atoms with van der Waals surface area (Å²) in [5, 5.41) is 14.2. The van der Waals surface area contributed by atoms with Gasteiger partial charge in [-0.05, 0) is 49.3 Å². The van der Waals surface area contributed by atoms with Crippen LogP contribution < -0.4 is 5.32 Å². The maximum atomic E-state index is 9.48. The summed E-state index contributed by atoms with van der Waals surface area (Å²) in [4.78, 5) is 0. The van der Waals surface area contributed by atoms with Gasteiger partial charge in [0.1, 0.15) is 5.82 Å². The number of benzene rings is 1. The van der Waals surface area contributed by atoms with Gasteiger partial charge in [-0.15, -0.1) is 0 Å². The third-order valence-electron chi connectivity index (χ3n) is 3.42. The molecule has 1 saturated carbocycles. The van der Waals surface area contributed by atoms with Crippen molar-refractivity contribution in [3.63, 3.8) is 0 Å². The molecule has 0 saturated heterocycles. The summed E-state index contributed by atoms with van der Waals surface area (Å²) in [6.07, 6.45) is 3.78. The van der Waals surface area contributed by atoms with Crippen LogP contribution in [0.3, 0.4) is 0 Å². The number of aliphatic hydroxyl groups excluding tert-OH is 1. The van der Waals surface area contributed by atoms with Crippen molar-refractivity contribution < 1.29 is 5.11 Å². The molecule has 2 aromatic rings. The van der Waals surface area contributed by atoms with Crippen LogP contribution in [0.5, 0.6) is 0 Å². The number of hydrogen-bond donors (Lipinski definition) is 2. The van der Waals surface area contributed by atoms with Crippen molar-refractivity contribution in [3.8, 4) is 0 Å². The van der Waals surface area contributed by atoms with Gasteiger partial charge in [-0.25, -0.2) is 0 Å². The normalized spacial score (nSPS) is 25.0. The first-order valence-corrected chi connectivity index (χ1v) is 6.89. The number of rotatable bonds is 2. The Bertz CT molecular complexity index is 503. The van der Waals surface area contributed by atoms with Crippen LogP contribution in [0.25, 0.3) is 10.1 Å². The monoisotopic (exact) mass is 248 g/mol. The zero-order valence-corrected chi connectivity index (χ0v) is 10.4. The molecule has 0 bridgehead atoms. The molecule has 1 fully saturated rings. The first kappa shape index (κ1) is 11.0. The Morgan fingerprint density at radius 2 is 1.94 bits per heavy atom. The highest BCUT2D eigenvalue weighted by atomic mass is 32.1. The molecular weight excluding hydrogens is 232 g/mol. The predicted molar refractivity (Wildman–Crippen MR) is 71.5 cm³/mol. The molecule has 0 unspecified atom stereocenters. The Balaban J connectivity index is 1.76. The van der Waals surface area contributed by atoms with Crippen molar-refractivity contribution in [1.29, 1.82) is 0 Å². The van der Waals surface area contributed by atoms with E-state index in [1.54, 1.807) is 11.5 Å². The van der Waals surface area contributed by atoms with Gasteiger partial charge in [-0.2, -0.15) is 4.37 Å². The van der Waals surface area contributed by atoms with E-state index in [9.17, 15) is 5.11 Å². The Morgan fingerprint density at radius 3 is 2.76 bits per heavy atom. The molecular formula is C13H16N2OS. The molecule has 90 valence electrons. The average Bonchev–Trinajstić information content (AvgIpc) is 2.76. The van der Waals surface area contributed by atoms with Crippen LogP contribution in [0.2, 0.25) is 0 Å². The van der Waals surface area contributed by atoms with Gasteiger partial charge in [-0.3, -0.25) is 0 Å². The van der Waals surface area contributed by atoms with Crippen LogP contribution in [-0.4, -0.2) is 21.6 Å². The second-order valence-electron chi connectivity index (χ2n) is 4.68. The fourth-order valence-electron chi connectivity index (χ4n) is 2.40. The minimum atomic E-state index is -0.0970. The van der Waals surface area contributed by atoms with E-state index in [0.717, 1.165) is 31.5 Å². The summed E-state index contributed by atoms with van der Waals surface area (Å²) in [7, 11) is 0. The third kappa shape index (κ3) is 2.28. The predicted octanol–water partition coefficient (Wildman–Crippen LogP) is 3.01. The molecule has 0 aliphatic heterocycles. The van der Waals surface area contributed by atoms with Crippen LogP contribution >= 0.6 is 11.5 Å². The molecule has 0 radical (unpaired) electrons. The van der Waals surface area contributed by atoms with E-state index >= 15 is 0 Å². The van der Waals surface area contributed by atoms with Gasteiger partial charge in [0, 0.05) is 11.4 Å². The lowest BCUT2D eigenvalue weighted by molar-refractivity contribution is 0.126. The fraction of sp³-hybridized carbons (Fsp3) is 0.462. The minimum Gasteiger partial charge on any atom is -0.393 e. The van der Waals surface area contributed by atoms with Crippen molar-refractivity contribution in [3.05, 3.63) is 24.3 Å². The standard InChI is InChI=1S/C13H16N2OS/c16-10-7-5-9(6-8-10)14-13-11-3-1-2-4-12(11)17-15-13/h1-4,9-10,16H,5-8H2,(H,14,15). The topological polar surface area (TPSA) is 45.1 Å². The summed E-state index contributed by atoms with van der Waals surface area (Å²) in [5.74, 6) is 1.01. The Labute approximate surface area is 105 Å². The number of anilines is 1. The molecule has 1 aliphatic carbocycles. The van der Waals surface area contributed by atoms with E-state index < -0.39 is 0 Å². The van der Waals surface area contributed by atoms with Crippen molar-refractivity contribution in [2.24, 2.45) is 0 Å². The summed E-state index contributed by atoms with van der Waals surface area (Å²) in [5.41, 5.74) is 0. The number of fused-ring (bicyclic) bond motifs is 1. The van der Waals surface area contributed by atoms with Gasteiger partial charge >= 0.3 is 0 Å². The first-order chi connectivity index (χ1) is 8.33. The van der Waals surface area contributed by atoms with Crippen LogP contribution in [0.1, 0.15) is 25.7 Å². The second-order valence-corrected chi connectivity index (χ2v) is 5.48. The number of hydrogen-bond acceptors (Lipinski definition) is 4. The maximum Gasteiger partial charge on any atom is 0.147 e. The van der Waals surface area contributed by atoms with E-state index in [-0.39, 0.29) is 6.10 Å². The highest BCUT2D eigenvalue weighted by Crippen LogP contribution is 2.29. The maximum absolute atomic E-state index is 9.48. The van der Waals surface area contributed by atoms with Crippen molar-refractivity contribution in [1.82, 2.24) is 4.37 Å². The minimum absolute atomic E-state index is 0.0970. The number of aromatic nitrogens is 1. The molecule has 1 aromatic heterocycles. The van der Waals surface area contributed by atoms with E-state index in [4.69, 9.17) is 0 Å². The molecule has 17 heavy (non-hydrogen) atoms. The average molecular weight is 248 g/mol. The summed E-state index contributed by atoms with van der Waals surface area (Å²) in [6, 6.07) is 8.76. The van der Waals surface area contributed by atoms with Gasteiger partial charge < -0.3 is 10.4 Å². The quantitative estimate of drug-likeness (QED) is 0.858. The number of aliphatic hydroxyl groups is 1. The largest absolute Gasteiger partial charge is 0.393 e. The highest BCUT2D eigenvalue weighted by molar-refractivity contribution is 7.13. The number of nitrogens with one attached hydrogen (secondary N) is 1. The summed E-state index contributed by atoms with van der Waals surface area (Å²) in [6.45, 7) is 0. The lowest BCUT2D eigenvalue weighted by atomic mass is 9.93. The van der Waals surface area contributed by atoms with E-state index in [1.807, 2.05) is 12.1 Å². The SMILES string of the molecule is OC1CCC(Nc2nsc3ccccc23)CC1. The molecule has 0 spiro atoms. The van der Waals surface area contributed by atoms with Crippen molar-refractivity contribution >= 4 is 27.4 Å². The van der Waals surface area contributed by atoms with Crippen LogP contribution in [0, 0.1) is 0 Å². The van der Waals surface area contributed by atoms with Gasteiger partial charge in [0.2, 0.25) is 0 Å². The second kappa shape index (κ2) is 4.63. The third-order valence-corrected chi connectivity index (χ3v) is 4.24. The van der Waals surface area contributed by atoms with Crippen LogP contribution in [0.15, 0.2) is 24.3 Å². The summed E-state index contributed by atoms with van der Waals surface area (Å²) >= 11 is 1.54. The molecule has 1 aromatic carbocycles. The van der Waals surface area contributed by atoms with Crippen molar-refractivity contribution in [2.75, 3.05) is 5.32 Å². The van der Waals surface area contributed by atoms with Gasteiger partial charge in [-0.1, -0.05) is 12.1 Å². The van der Waals surface area contributed by atoms with Crippen LogP contribution in [-0.2, 0) is 0 Å². The van der Waals surface area contributed by atoms with E-state index in [0.29, 0.717) is 6.04 Å². The molecule has 4 heteroatoms. The van der Waals surface area contributed by atoms with E-state index in [2.05, 4.69) is 21.8 Å². The van der Waals surface area contributed by atoms with Gasteiger partial charge in [0.25, 0.3) is 0 Å². The number of nitrogens with zero attached hydrogens (tertiary/aromatic N) is 1. The molecule has 1 aliphatic rings. The van der Waals surface area contributed by atoms with Crippen molar-refractivity contribution in [2.45, 2.75) is 37.8 Å². The zero-order valence-electron chi connectivity index (χ0n) is 9.60. The zero-order chi connectivity index (χ0) is 11.7. The molecule has 3 rings (SSSR count). The van der Waals surface area contributed by atoms with Gasteiger partial charge in [0.05, 0.1) is 10.8 Å². The molecule has 0 atom stereocenters. The molecule has 1 heterocycles. The first-order valence-electron chi connectivity index (χ1n) is 6.12. The lowest BCUT2D eigenvalue weighted by Crippen LogP contribution is -2.28.